The van der Waals surface area contributed by atoms with E-state index in [1.54, 1.807) is 0 Å². The molecule has 0 spiro atoms. The first-order valence-corrected chi connectivity index (χ1v) is 8.49. The van der Waals surface area contributed by atoms with Crippen LogP contribution in [0.2, 0.25) is 5.02 Å². The summed E-state index contributed by atoms with van der Waals surface area (Å²) in [5.74, 6) is 2.58. The van der Waals surface area contributed by atoms with Crippen molar-refractivity contribution in [3.8, 4) is 5.75 Å². The second-order valence-electron chi connectivity index (χ2n) is 6.17. The van der Waals surface area contributed by atoms with Gasteiger partial charge in [0.15, 0.2) is 0 Å². The van der Waals surface area contributed by atoms with E-state index in [1.165, 1.54) is 32.1 Å². The van der Waals surface area contributed by atoms with E-state index in [9.17, 15) is 0 Å². The average molecular weight is 319 g/mol. The van der Waals surface area contributed by atoms with Crippen LogP contribution in [0.5, 0.6) is 5.75 Å². The van der Waals surface area contributed by atoms with Crippen LogP contribution in [0.4, 0.5) is 0 Å². The number of rotatable bonds is 5. The number of nitrogens with zero attached hydrogens (tertiary/aromatic N) is 2. The Labute approximate surface area is 137 Å². The standard InChI is InChI=1S/C18H23ClN2O/c1-14-20-9-10-21(14)12-16-7-8-17(11-18(16)19)22-13-15-5-3-2-4-6-15/h7-11,15H,2-6,12-13H2,1H3. The van der Waals surface area contributed by atoms with Crippen molar-refractivity contribution in [2.75, 3.05) is 6.61 Å². The Kier molecular flexibility index (Phi) is 5.04. The van der Waals surface area contributed by atoms with E-state index >= 15 is 0 Å². The zero-order chi connectivity index (χ0) is 15.4. The number of imidazole rings is 1. The van der Waals surface area contributed by atoms with Gasteiger partial charge in [-0.1, -0.05) is 36.9 Å². The second-order valence-corrected chi connectivity index (χ2v) is 6.58. The van der Waals surface area contributed by atoms with Crippen LogP contribution in [0, 0.1) is 12.8 Å². The Morgan fingerprint density at radius 3 is 2.77 bits per heavy atom. The van der Waals surface area contributed by atoms with Gasteiger partial charge in [0, 0.05) is 17.4 Å². The molecule has 1 aromatic heterocycles. The summed E-state index contributed by atoms with van der Waals surface area (Å²) in [7, 11) is 0. The Hall–Kier alpha value is -1.48. The fraction of sp³-hybridized carbons (Fsp3) is 0.500. The first kappa shape index (κ1) is 15.4. The minimum Gasteiger partial charge on any atom is -0.493 e. The lowest BCUT2D eigenvalue weighted by molar-refractivity contribution is 0.209. The molecule has 4 heteroatoms. The summed E-state index contributed by atoms with van der Waals surface area (Å²) in [4.78, 5) is 4.24. The lowest BCUT2D eigenvalue weighted by Crippen LogP contribution is -2.15. The predicted octanol–water partition coefficient (Wildman–Crippen LogP) is 4.85. The number of aromatic nitrogens is 2. The normalized spacial score (nSPS) is 15.9. The topological polar surface area (TPSA) is 27.1 Å². The van der Waals surface area contributed by atoms with Crippen molar-refractivity contribution in [3.05, 3.63) is 47.0 Å². The number of hydrogen-bond donors (Lipinski definition) is 0. The van der Waals surface area contributed by atoms with Gasteiger partial charge in [0.1, 0.15) is 11.6 Å². The Bertz CT molecular complexity index is 617. The van der Waals surface area contributed by atoms with Crippen LogP contribution in [-0.2, 0) is 6.54 Å². The Balaban J connectivity index is 1.60. The maximum Gasteiger partial charge on any atom is 0.120 e. The van der Waals surface area contributed by atoms with Crippen LogP contribution in [0.1, 0.15) is 43.5 Å². The maximum absolute atomic E-state index is 6.41. The molecule has 0 amide bonds. The Morgan fingerprint density at radius 1 is 1.27 bits per heavy atom. The van der Waals surface area contributed by atoms with Gasteiger partial charge >= 0.3 is 0 Å². The van der Waals surface area contributed by atoms with E-state index in [2.05, 4.69) is 15.6 Å². The third-order valence-electron chi connectivity index (χ3n) is 4.50. The monoisotopic (exact) mass is 318 g/mol. The van der Waals surface area contributed by atoms with E-state index < -0.39 is 0 Å². The molecule has 1 fully saturated rings. The zero-order valence-electron chi connectivity index (χ0n) is 13.1. The SMILES string of the molecule is Cc1nccn1Cc1ccc(OCC2CCCCC2)cc1Cl. The summed E-state index contributed by atoms with van der Waals surface area (Å²) in [5, 5.41) is 0.759. The van der Waals surface area contributed by atoms with Gasteiger partial charge < -0.3 is 9.30 Å². The van der Waals surface area contributed by atoms with Crippen molar-refractivity contribution < 1.29 is 4.74 Å². The molecular weight excluding hydrogens is 296 g/mol. The van der Waals surface area contributed by atoms with Gasteiger partial charge in [0.2, 0.25) is 0 Å². The molecule has 22 heavy (non-hydrogen) atoms. The molecule has 0 radical (unpaired) electrons. The maximum atomic E-state index is 6.41. The fourth-order valence-corrected chi connectivity index (χ4v) is 3.30. The van der Waals surface area contributed by atoms with E-state index in [0.29, 0.717) is 5.92 Å². The number of benzene rings is 1. The van der Waals surface area contributed by atoms with Crippen LogP contribution < -0.4 is 4.74 Å². The molecule has 1 saturated carbocycles. The van der Waals surface area contributed by atoms with Crippen molar-refractivity contribution in [1.29, 1.82) is 0 Å². The molecule has 0 atom stereocenters. The molecule has 1 heterocycles. The van der Waals surface area contributed by atoms with Crippen LogP contribution in [0.15, 0.2) is 30.6 Å². The van der Waals surface area contributed by atoms with Gasteiger partial charge in [0.05, 0.1) is 13.2 Å². The molecule has 1 aromatic carbocycles. The van der Waals surface area contributed by atoms with Gasteiger partial charge in [-0.25, -0.2) is 4.98 Å². The molecular formula is C18H23ClN2O. The van der Waals surface area contributed by atoms with Crippen molar-refractivity contribution in [1.82, 2.24) is 9.55 Å². The molecule has 1 aliphatic rings. The van der Waals surface area contributed by atoms with Gasteiger partial charge in [-0.15, -0.1) is 0 Å². The van der Waals surface area contributed by atoms with E-state index in [4.69, 9.17) is 16.3 Å². The zero-order valence-corrected chi connectivity index (χ0v) is 13.9. The lowest BCUT2D eigenvalue weighted by Gasteiger charge is -2.21. The van der Waals surface area contributed by atoms with Crippen LogP contribution >= 0.6 is 11.6 Å². The smallest absolute Gasteiger partial charge is 0.120 e. The summed E-state index contributed by atoms with van der Waals surface area (Å²) in [6.45, 7) is 3.55. The highest BCUT2D eigenvalue weighted by atomic mass is 35.5. The highest BCUT2D eigenvalue weighted by Gasteiger charge is 2.14. The predicted molar refractivity (Wildman–Crippen MR) is 89.6 cm³/mol. The summed E-state index contributed by atoms with van der Waals surface area (Å²) in [6.07, 6.45) is 10.4. The van der Waals surface area contributed by atoms with Crippen molar-refractivity contribution >= 4 is 11.6 Å². The van der Waals surface area contributed by atoms with Crippen LogP contribution in [0.25, 0.3) is 0 Å². The van der Waals surface area contributed by atoms with E-state index in [0.717, 1.165) is 35.3 Å². The number of aryl methyl sites for hydroxylation is 1. The van der Waals surface area contributed by atoms with Gasteiger partial charge in [-0.2, -0.15) is 0 Å². The molecule has 2 aromatic rings. The fourth-order valence-electron chi connectivity index (χ4n) is 3.07. The molecule has 0 unspecified atom stereocenters. The summed E-state index contributed by atoms with van der Waals surface area (Å²) >= 11 is 6.41. The van der Waals surface area contributed by atoms with Crippen molar-refractivity contribution in [2.45, 2.75) is 45.6 Å². The number of hydrogen-bond acceptors (Lipinski definition) is 2. The minimum absolute atomic E-state index is 0.709. The summed E-state index contributed by atoms with van der Waals surface area (Å²) in [5.41, 5.74) is 1.09. The molecule has 0 aliphatic heterocycles. The van der Waals surface area contributed by atoms with Crippen molar-refractivity contribution in [2.24, 2.45) is 5.92 Å². The van der Waals surface area contributed by atoms with Crippen LogP contribution in [-0.4, -0.2) is 16.2 Å². The quantitative estimate of drug-likeness (QED) is 0.787. The van der Waals surface area contributed by atoms with Gasteiger partial charge in [0.25, 0.3) is 0 Å². The van der Waals surface area contributed by atoms with E-state index in [-0.39, 0.29) is 0 Å². The van der Waals surface area contributed by atoms with E-state index in [1.807, 2.05) is 31.5 Å². The highest BCUT2D eigenvalue weighted by Crippen LogP contribution is 2.27. The first-order valence-electron chi connectivity index (χ1n) is 8.11. The van der Waals surface area contributed by atoms with Gasteiger partial charge in [-0.05, 0) is 43.4 Å². The number of ether oxygens (including phenoxy) is 1. The minimum atomic E-state index is 0.709. The molecule has 118 valence electrons. The largest absolute Gasteiger partial charge is 0.493 e. The average Bonchev–Trinajstić information content (AvgIpc) is 2.94. The third-order valence-corrected chi connectivity index (χ3v) is 4.85. The lowest BCUT2D eigenvalue weighted by atomic mass is 9.90. The third kappa shape index (κ3) is 3.83. The molecule has 3 rings (SSSR count). The number of halogens is 1. The Morgan fingerprint density at radius 2 is 2.09 bits per heavy atom. The van der Waals surface area contributed by atoms with Crippen LogP contribution in [0.3, 0.4) is 0 Å². The molecule has 0 N–H and O–H groups in total. The first-order chi connectivity index (χ1) is 10.7. The van der Waals surface area contributed by atoms with Crippen molar-refractivity contribution in [3.63, 3.8) is 0 Å². The van der Waals surface area contributed by atoms with Gasteiger partial charge in [-0.3, -0.25) is 0 Å². The molecule has 0 saturated heterocycles. The molecule has 0 bridgehead atoms. The second kappa shape index (κ2) is 7.19. The molecule has 3 nitrogen and oxygen atoms in total. The molecule has 1 aliphatic carbocycles. The summed E-state index contributed by atoms with van der Waals surface area (Å²) < 4.78 is 8.02. The summed E-state index contributed by atoms with van der Waals surface area (Å²) in [6, 6.07) is 6.01. The highest BCUT2D eigenvalue weighted by molar-refractivity contribution is 6.31.